The van der Waals surface area contributed by atoms with Crippen molar-refractivity contribution < 1.29 is 9.59 Å². The fourth-order valence-corrected chi connectivity index (χ4v) is 2.82. The molecule has 2 atom stereocenters. The van der Waals surface area contributed by atoms with E-state index in [0.717, 1.165) is 16.8 Å². The highest BCUT2D eigenvalue weighted by molar-refractivity contribution is 6.31. The third kappa shape index (κ3) is 3.77. The van der Waals surface area contributed by atoms with Crippen LogP contribution in [0, 0.1) is 25.7 Å². The van der Waals surface area contributed by atoms with Gasteiger partial charge in [0, 0.05) is 16.4 Å². The Morgan fingerprint density at radius 3 is 2.17 bits per heavy atom. The molecule has 1 saturated carbocycles. The van der Waals surface area contributed by atoms with Gasteiger partial charge in [-0.05, 0) is 55.7 Å². The molecule has 0 bridgehead atoms. The van der Waals surface area contributed by atoms with Gasteiger partial charge in [-0.3, -0.25) is 9.59 Å². The summed E-state index contributed by atoms with van der Waals surface area (Å²) in [6.45, 7) is 3.87. The highest BCUT2D eigenvalue weighted by Crippen LogP contribution is 2.40. The lowest BCUT2D eigenvalue weighted by Gasteiger charge is -2.08. The van der Waals surface area contributed by atoms with Gasteiger partial charge in [0.25, 0.3) is 0 Å². The molecule has 0 spiro atoms. The maximum atomic E-state index is 12.3. The molecular weight excluding hydrogens is 324 g/mol. The molecule has 124 valence electrons. The Morgan fingerprint density at radius 1 is 0.958 bits per heavy atom. The van der Waals surface area contributed by atoms with Crippen LogP contribution in [0.2, 0.25) is 5.02 Å². The summed E-state index contributed by atoms with van der Waals surface area (Å²) in [5.41, 5.74) is 3.45. The van der Waals surface area contributed by atoms with E-state index in [9.17, 15) is 9.59 Å². The minimum atomic E-state index is -0.283. The molecule has 5 heteroatoms. The highest BCUT2D eigenvalue weighted by atomic mass is 35.5. The summed E-state index contributed by atoms with van der Waals surface area (Å²) < 4.78 is 0. The lowest BCUT2D eigenvalue weighted by Crippen LogP contribution is -2.20. The quantitative estimate of drug-likeness (QED) is 0.876. The molecule has 0 saturated heterocycles. The van der Waals surface area contributed by atoms with E-state index in [1.807, 2.05) is 50.2 Å². The SMILES string of the molecule is Cc1cccc(NC(=O)C2CC2C(=O)Nc2ccc(C)c(Cl)c2)c1. The van der Waals surface area contributed by atoms with Gasteiger partial charge in [0.1, 0.15) is 0 Å². The first-order valence-corrected chi connectivity index (χ1v) is 8.26. The number of amides is 2. The van der Waals surface area contributed by atoms with Crippen LogP contribution >= 0.6 is 11.6 Å². The number of rotatable bonds is 4. The van der Waals surface area contributed by atoms with E-state index in [0.29, 0.717) is 17.1 Å². The molecule has 0 aliphatic heterocycles. The molecule has 4 nitrogen and oxygen atoms in total. The van der Waals surface area contributed by atoms with Crippen molar-refractivity contribution in [1.82, 2.24) is 0 Å². The van der Waals surface area contributed by atoms with E-state index in [1.54, 1.807) is 6.07 Å². The van der Waals surface area contributed by atoms with E-state index in [2.05, 4.69) is 10.6 Å². The van der Waals surface area contributed by atoms with E-state index in [-0.39, 0.29) is 23.7 Å². The largest absolute Gasteiger partial charge is 0.326 e. The first kappa shape index (κ1) is 16.5. The van der Waals surface area contributed by atoms with Gasteiger partial charge in [-0.1, -0.05) is 29.8 Å². The Bertz CT molecular complexity index is 804. The molecule has 2 aromatic carbocycles. The fraction of sp³-hybridized carbons (Fsp3) is 0.263. The van der Waals surface area contributed by atoms with Crippen LogP contribution in [-0.4, -0.2) is 11.8 Å². The van der Waals surface area contributed by atoms with Crippen LogP contribution in [0.5, 0.6) is 0 Å². The van der Waals surface area contributed by atoms with Crippen molar-refractivity contribution in [3.63, 3.8) is 0 Å². The van der Waals surface area contributed by atoms with E-state index in [1.165, 1.54) is 0 Å². The molecule has 1 fully saturated rings. The van der Waals surface area contributed by atoms with Crippen LogP contribution in [-0.2, 0) is 9.59 Å². The number of hydrogen-bond donors (Lipinski definition) is 2. The number of nitrogens with one attached hydrogen (secondary N) is 2. The van der Waals surface area contributed by atoms with Crippen LogP contribution in [0.15, 0.2) is 42.5 Å². The zero-order chi connectivity index (χ0) is 17.3. The average Bonchev–Trinajstić information content (AvgIpc) is 3.32. The standard InChI is InChI=1S/C19H19ClN2O2/c1-11-4-3-5-13(8-11)21-18(23)15-10-16(15)19(24)22-14-7-6-12(2)17(20)9-14/h3-9,15-16H,10H2,1-2H3,(H,21,23)(H,22,24). The molecule has 0 heterocycles. The van der Waals surface area contributed by atoms with Gasteiger partial charge >= 0.3 is 0 Å². The average molecular weight is 343 g/mol. The first-order chi connectivity index (χ1) is 11.4. The zero-order valence-electron chi connectivity index (χ0n) is 13.6. The predicted octanol–water partition coefficient (Wildman–Crippen LogP) is 4.17. The minimum Gasteiger partial charge on any atom is -0.326 e. The summed E-state index contributed by atoms with van der Waals surface area (Å²) in [5, 5.41) is 6.30. The Hall–Kier alpha value is -2.33. The third-order valence-electron chi connectivity index (χ3n) is 4.19. The second-order valence-electron chi connectivity index (χ2n) is 6.26. The summed E-state index contributed by atoms with van der Waals surface area (Å²) in [6, 6.07) is 13.0. The maximum absolute atomic E-state index is 12.3. The molecule has 2 unspecified atom stereocenters. The Balaban J connectivity index is 1.57. The Labute approximate surface area is 146 Å². The van der Waals surface area contributed by atoms with Gasteiger partial charge in [0.2, 0.25) is 11.8 Å². The van der Waals surface area contributed by atoms with E-state index in [4.69, 9.17) is 11.6 Å². The zero-order valence-corrected chi connectivity index (χ0v) is 14.4. The van der Waals surface area contributed by atoms with Gasteiger partial charge in [-0.15, -0.1) is 0 Å². The van der Waals surface area contributed by atoms with Crippen LogP contribution < -0.4 is 10.6 Å². The number of carbonyl (C=O) groups excluding carboxylic acids is 2. The minimum absolute atomic E-state index is 0.109. The summed E-state index contributed by atoms with van der Waals surface area (Å²) in [4.78, 5) is 24.5. The summed E-state index contributed by atoms with van der Waals surface area (Å²) in [6.07, 6.45) is 0.572. The predicted molar refractivity (Wildman–Crippen MR) is 96.2 cm³/mol. The molecule has 3 rings (SSSR count). The van der Waals surface area contributed by atoms with Gasteiger partial charge in [-0.25, -0.2) is 0 Å². The maximum Gasteiger partial charge on any atom is 0.228 e. The van der Waals surface area contributed by atoms with Gasteiger partial charge in [0.15, 0.2) is 0 Å². The van der Waals surface area contributed by atoms with Gasteiger partial charge < -0.3 is 10.6 Å². The van der Waals surface area contributed by atoms with E-state index >= 15 is 0 Å². The molecule has 2 aromatic rings. The van der Waals surface area contributed by atoms with Crippen molar-refractivity contribution in [1.29, 1.82) is 0 Å². The monoisotopic (exact) mass is 342 g/mol. The summed E-state index contributed by atoms with van der Waals surface area (Å²) in [7, 11) is 0. The molecular formula is C19H19ClN2O2. The number of halogens is 1. The lowest BCUT2D eigenvalue weighted by molar-refractivity contribution is -0.122. The molecule has 2 N–H and O–H groups in total. The second kappa shape index (κ2) is 6.65. The normalized spacial score (nSPS) is 18.8. The Morgan fingerprint density at radius 2 is 1.58 bits per heavy atom. The molecule has 0 aromatic heterocycles. The van der Waals surface area contributed by atoms with Crippen LogP contribution in [0.3, 0.4) is 0 Å². The van der Waals surface area contributed by atoms with Crippen molar-refractivity contribution in [3.05, 3.63) is 58.6 Å². The smallest absolute Gasteiger partial charge is 0.228 e. The Kier molecular flexibility index (Phi) is 4.58. The molecule has 0 radical (unpaired) electrons. The van der Waals surface area contributed by atoms with Crippen LogP contribution in [0.4, 0.5) is 11.4 Å². The summed E-state index contributed by atoms with van der Waals surface area (Å²) >= 11 is 6.06. The number of carbonyl (C=O) groups is 2. The first-order valence-electron chi connectivity index (χ1n) is 7.88. The van der Waals surface area contributed by atoms with Crippen molar-refractivity contribution in [3.8, 4) is 0 Å². The van der Waals surface area contributed by atoms with Crippen molar-refractivity contribution in [2.24, 2.45) is 11.8 Å². The number of anilines is 2. The third-order valence-corrected chi connectivity index (χ3v) is 4.60. The van der Waals surface area contributed by atoms with E-state index < -0.39 is 0 Å². The molecule has 1 aliphatic carbocycles. The van der Waals surface area contributed by atoms with Gasteiger partial charge in [0.05, 0.1) is 11.8 Å². The van der Waals surface area contributed by atoms with Crippen molar-refractivity contribution >= 4 is 34.8 Å². The van der Waals surface area contributed by atoms with Crippen LogP contribution in [0.1, 0.15) is 17.5 Å². The fourth-order valence-electron chi connectivity index (χ4n) is 2.64. The number of aryl methyl sites for hydroxylation is 2. The number of benzene rings is 2. The van der Waals surface area contributed by atoms with Crippen molar-refractivity contribution in [2.75, 3.05) is 10.6 Å². The second-order valence-corrected chi connectivity index (χ2v) is 6.67. The molecule has 2 amide bonds. The van der Waals surface area contributed by atoms with Crippen LogP contribution in [0.25, 0.3) is 0 Å². The molecule has 1 aliphatic rings. The number of hydrogen-bond acceptors (Lipinski definition) is 2. The van der Waals surface area contributed by atoms with Crippen molar-refractivity contribution in [2.45, 2.75) is 20.3 Å². The lowest BCUT2D eigenvalue weighted by atomic mass is 10.2. The topological polar surface area (TPSA) is 58.2 Å². The summed E-state index contributed by atoms with van der Waals surface area (Å²) in [5.74, 6) is -0.802. The highest BCUT2D eigenvalue weighted by Gasteiger charge is 2.48. The van der Waals surface area contributed by atoms with Gasteiger partial charge in [-0.2, -0.15) is 0 Å². The molecule has 24 heavy (non-hydrogen) atoms.